The Labute approximate surface area is 135 Å². The SMILES string of the molecule is COc1cc2c(cc1C(C#N)=C(C#N)C#N)C(C)=CC(C)(C)N2. The fourth-order valence-corrected chi connectivity index (χ4v) is 2.76. The van der Waals surface area contributed by atoms with Crippen LogP contribution in [0.25, 0.3) is 11.1 Å². The van der Waals surface area contributed by atoms with E-state index in [2.05, 4.69) is 25.2 Å². The van der Waals surface area contributed by atoms with E-state index in [4.69, 9.17) is 15.3 Å². The molecule has 1 aromatic rings. The predicted molar refractivity (Wildman–Crippen MR) is 88.1 cm³/mol. The molecule has 2 rings (SSSR count). The summed E-state index contributed by atoms with van der Waals surface area (Å²) < 4.78 is 5.37. The lowest BCUT2D eigenvalue weighted by atomic mass is 9.88. The summed E-state index contributed by atoms with van der Waals surface area (Å²) in [5.41, 5.74) is 2.92. The second-order valence-corrected chi connectivity index (χ2v) is 5.86. The summed E-state index contributed by atoms with van der Waals surface area (Å²) >= 11 is 0. The minimum atomic E-state index is -0.225. The molecule has 1 aliphatic heterocycles. The molecule has 0 saturated heterocycles. The van der Waals surface area contributed by atoms with Gasteiger partial charge in [-0.25, -0.2) is 0 Å². The molecule has 0 aliphatic carbocycles. The predicted octanol–water partition coefficient (Wildman–Crippen LogP) is 3.63. The molecule has 0 spiro atoms. The van der Waals surface area contributed by atoms with Crippen LogP contribution in [0.2, 0.25) is 0 Å². The summed E-state index contributed by atoms with van der Waals surface area (Å²) in [5.74, 6) is 0.446. The van der Waals surface area contributed by atoms with Crippen molar-refractivity contribution >= 4 is 16.8 Å². The van der Waals surface area contributed by atoms with Gasteiger partial charge in [0.15, 0.2) is 0 Å². The van der Waals surface area contributed by atoms with Crippen molar-refractivity contribution in [3.63, 3.8) is 0 Å². The van der Waals surface area contributed by atoms with E-state index >= 15 is 0 Å². The highest BCUT2D eigenvalue weighted by Crippen LogP contribution is 2.40. The monoisotopic (exact) mass is 304 g/mol. The fraction of sp³-hybridized carbons (Fsp3) is 0.278. The van der Waals surface area contributed by atoms with Crippen LogP contribution in [0.5, 0.6) is 5.75 Å². The van der Waals surface area contributed by atoms with Crippen LogP contribution in [0.4, 0.5) is 5.69 Å². The van der Waals surface area contributed by atoms with Gasteiger partial charge in [-0.3, -0.25) is 0 Å². The molecule has 0 aromatic heterocycles. The van der Waals surface area contributed by atoms with E-state index in [1.165, 1.54) is 7.11 Å². The number of hydrogen-bond acceptors (Lipinski definition) is 5. The van der Waals surface area contributed by atoms with E-state index in [9.17, 15) is 5.26 Å². The summed E-state index contributed by atoms with van der Waals surface area (Å²) in [6.07, 6.45) is 2.09. The van der Waals surface area contributed by atoms with Gasteiger partial charge < -0.3 is 10.1 Å². The number of rotatable bonds is 2. The van der Waals surface area contributed by atoms with Crippen LogP contribution >= 0.6 is 0 Å². The molecule has 23 heavy (non-hydrogen) atoms. The molecule has 1 N–H and O–H groups in total. The first-order chi connectivity index (χ1) is 10.9. The summed E-state index contributed by atoms with van der Waals surface area (Å²) in [5, 5.41) is 30.9. The van der Waals surface area contributed by atoms with Crippen LogP contribution in [0.15, 0.2) is 23.8 Å². The maximum atomic E-state index is 9.39. The van der Waals surface area contributed by atoms with E-state index < -0.39 is 0 Å². The highest BCUT2D eigenvalue weighted by Gasteiger charge is 2.25. The van der Waals surface area contributed by atoms with E-state index in [1.807, 2.05) is 13.0 Å². The van der Waals surface area contributed by atoms with Crippen molar-refractivity contribution in [2.24, 2.45) is 0 Å². The Morgan fingerprint density at radius 2 is 1.78 bits per heavy atom. The van der Waals surface area contributed by atoms with Gasteiger partial charge in [-0.15, -0.1) is 0 Å². The zero-order valence-corrected chi connectivity index (χ0v) is 13.5. The number of nitrogens with one attached hydrogen (secondary N) is 1. The van der Waals surface area contributed by atoms with Gasteiger partial charge in [0.25, 0.3) is 0 Å². The zero-order chi connectivity index (χ0) is 17.2. The van der Waals surface area contributed by atoms with Crippen LogP contribution in [0.3, 0.4) is 0 Å². The molecule has 1 aromatic carbocycles. The number of allylic oxidation sites excluding steroid dienone is 3. The van der Waals surface area contributed by atoms with Crippen molar-refractivity contribution in [2.45, 2.75) is 26.3 Å². The second kappa shape index (κ2) is 5.87. The maximum Gasteiger partial charge on any atom is 0.148 e. The summed E-state index contributed by atoms with van der Waals surface area (Å²) in [4.78, 5) is 0. The van der Waals surface area contributed by atoms with Gasteiger partial charge in [-0.1, -0.05) is 6.08 Å². The lowest BCUT2D eigenvalue weighted by molar-refractivity contribution is 0.413. The van der Waals surface area contributed by atoms with Gasteiger partial charge >= 0.3 is 0 Å². The Kier molecular flexibility index (Phi) is 4.12. The highest BCUT2D eigenvalue weighted by atomic mass is 16.5. The second-order valence-electron chi connectivity index (χ2n) is 5.86. The number of nitriles is 3. The fourth-order valence-electron chi connectivity index (χ4n) is 2.76. The topological polar surface area (TPSA) is 92.6 Å². The molecular formula is C18H16N4O. The molecular weight excluding hydrogens is 288 g/mol. The van der Waals surface area contributed by atoms with Crippen molar-refractivity contribution in [1.82, 2.24) is 0 Å². The first-order valence-electron chi connectivity index (χ1n) is 7.02. The molecule has 0 amide bonds. The van der Waals surface area contributed by atoms with Crippen LogP contribution in [-0.2, 0) is 0 Å². The van der Waals surface area contributed by atoms with Crippen LogP contribution in [0, 0.1) is 34.0 Å². The lowest BCUT2D eigenvalue weighted by Gasteiger charge is -2.32. The summed E-state index contributed by atoms with van der Waals surface area (Å²) in [6, 6.07) is 9.07. The molecule has 0 radical (unpaired) electrons. The number of nitrogens with zero attached hydrogens (tertiary/aromatic N) is 3. The molecule has 1 heterocycles. The maximum absolute atomic E-state index is 9.39. The zero-order valence-electron chi connectivity index (χ0n) is 13.5. The molecule has 5 nitrogen and oxygen atoms in total. The number of methoxy groups -OCH3 is 1. The Morgan fingerprint density at radius 1 is 1.13 bits per heavy atom. The standard InChI is InChI=1S/C18H16N4O/c1-11-7-18(2,3)22-16-6-17(23-4)14(5-13(11)16)15(10-21)12(8-19)9-20/h5-7,22H,1-4H3. The Morgan fingerprint density at radius 3 is 2.30 bits per heavy atom. The van der Waals surface area contributed by atoms with Crippen LogP contribution in [0.1, 0.15) is 31.9 Å². The van der Waals surface area contributed by atoms with Gasteiger partial charge in [0.2, 0.25) is 0 Å². The van der Waals surface area contributed by atoms with Crippen LogP contribution < -0.4 is 10.1 Å². The van der Waals surface area contributed by atoms with Gasteiger partial charge in [-0.2, -0.15) is 15.8 Å². The molecule has 0 fully saturated rings. The molecule has 0 saturated carbocycles. The minimum Gasteiger partial charge on any atom is -0.496 e. The molecule has 1 aliphatic rings. The third-order valence-electron chi connectivity index (χ3n) is 3.65. The average molecular weight is 304 g/mol. The molecule has 5 heteroatoms. The summed E-state index contributed by atoms with van der Waals surface area (Å²) in [6.45, 7) is 6.11. The van der Waals surface area contributed by atoms with Crippen molar-refractivity contribution in [2.75, 3.05) is 12.4 Å². The molecule has 0 bridgehead atoms. The Bertz CT molecular complexity index is 839. The van der Waals surface area contributed by atoms with E-state index in [0.717, 1.165) is 16.8 Å². The van der Waals surface area contributed by atoms with Crippen molar-refractivity contribution in [3.05, 3.63) is 34.9 Å². The number of fused-ring (bicyclic) bond motifs is 1. The minimum absolute atomic E-state index is 0.0206. The third kappa shape index (κ3) is 2.89. The van der Waals surface area contributed by atoms with Crippen molar-refractivity contribution in [3.8, 4) is 24.0 Å². The largest absolute Gasteiger partial charge is 0.496 e. The molecule has 114 valence electrons. The first-order valence-corrected chi connectivity index (χ1v) is 7.02. The van der Waals surface area contributed by atoms with Gasteiger partial charge in [-0.05, 0) is 32.4 Å². The van der Waals surface area contributed by atoms with E-state index in [0.29, 0.717) is 11.3 Å². The quantitative estimate of drug-likeness (QED) is 0.842. The first kappa shape index (κ1) is 16.1. The average Bonchev–Trinajstić information content (AvgIpc) is 2.50. The number of hydrogen-bond donors (Lipinski definition) is 1. The lowest BCUT2D eigenvalue weighted by Crippen LogP contribution is -2.31. The number of anilines is 1. The summed E-state index contributed by atoms with van der Waals surface area (Å²) in [7, 11) is 1.50. The smallest absolute Gasteiger partial charge is 0.148 e. The van der Waals surface area contributed by atoms with Gasteiger partial charge in [0.05, 0.1) is 18.2 Å². The number of benzene rings is 1. The van der Waals surface area contributed by atoms with Crippen molar-refractivity contribution < 1.29 is 4.74 Å². The van der Waals surface area contributed by atoms with Gasteiger partial charge in [0.1, 0.15) is 29.5 Å². The Balaban J connectivity index is 2.78. The third-order valence-corrected chi connectivity index (χ3v) is 3.65. The van der Waals surface area contributed by atoms with E-state index in [-0.39, 0.29) is 16.7 Å². The molecule has 0 unspecified atom stereocenters. The normalized spacial score (nSPS) is 14.0. The van der Waals surface area contributed by atoms with Crippen molar-refractivity contribution in [1.29, 1.82) is 15.8 Å². The van der Waals surface area contributed by atoms with E-state index in [1.54, 1.807) is 24.3 Å². The Hall–Kier alpha value is -3.23. The van der Waals surface area contributed by atoms with Gasteiger partial charge in [0, 0.05) is 22.9 Å². The number of ether oxygens (including phenoxy) is 1. The molecule has 0 atom stereocenters. The highest BCUT2D eigenvalue weighted by molar-refractivity contribution is 5.91. The van der Waals surface area contributed by atoms with Crippen LogP contribution in [-0.4, -0.2) is 12.6 Å².